The van der Waals surface area contributed by atoms with Crippen LogP contribution in [0.5, 0.6) is 0 Å². The van der Waals surface area contributed by atoms with E-state index in [2.05, 4.69) is 17.4 Å². The maximum atomic E-state index is 12.3. The Morgan fingerprint density at radius 1 is 1.00 bits per heavy atom. The molecule has 0 aliphatic heterocycles. The van der Waals surface area contributed by atoms with E-state index in [9.17, 15) is 4.79 Å². The van der Waals surface area contributed by atoms with Crippen LogP contribution in [-0.2, 0) is 5.54 Å². The molecule has 1 amide bonds. The summed E-state index contributed by atoms with van der Waals surface area (Å²) in [5.41, 5.74) is 1.50. The second-order valence-electron chi connectivity index (χ2n) is 4.88. The zero-order chi connectivity index (χ0) is 13.3. The summed E-state index contributed by atoms with van der Waals surface area (Å²) >= 11 is 6.05. The van der Waals surface area contributed by atoms with E-state index in [1.165, 1.54) is 0 Å². The molecule has 2 nitrogen and oxygen atoms in total. The maximum absolute atomic E-state index is 12.3. The van der Waals surface area contributed by atoms with Gasteiger partial charge in [-0.25, -0.2) is 0 Å². The molecular formula is C16H14ClNO. The molecule has 0 atom stereocenters. The summed E-state index contributed by atoms with van der Waals surface area (Å²) in [6.45, 7) is 0. The molecule has 0 radical (unpaired) electrons. The second-order valence-corrected chi connectivity index (χ2v) is 5.29. The van der Waals surface area contributed by atoms with Gasteiger partial charge in [-0.15, -0.1) is 0 Å². The zero-order valence-electron chi connectivity index (χ0n) is 10.4. The van der Waals surface area contributed by atoms with Gasteiger partial charge in [0, 0.05) is 0 Å². The van der Waals surface area contributed by atoms with E-state index in [0.29, 0.717) is 10.6 Å². The van der Waals surface area contributed by atoms with E-state index in [1.807, 2.05) is 30.3 Å². The smallest absolute Gasteiger partial charge is 0.253 e. The minimum atomic E-state index is -0.197. The monoisotopic (exact) mass is 271 g/mol. The van der Waals surface area contributed by atoms with Crippen LogP contribution in [0, 0.1) is 0 Å². The molecule has 1 aliphatic rings. The molecule has 2 aromatic carbocycles. The largest absolute Gasteiger partial charge is 0.342 e. The molecule has 19 heavy (non-hydrogen) atoms. The van der Waals surface area contributed by atoms with E-state index in [4.69, 9.17) is 11.6 Å². The van der Waals surface area contributed by atoms with Gasteiger partial charge >= 0.3 is 0 Å². The van der Waals surface area contributed by atoms with E-state index >= 15 is 0 Å². The Kier molecular flexibility index (Phi) is 3.03. The fourth-order valence-electron chi connectivity index (χ4n) is 2.30. The molecule has 1 N–H and O–H groups in total. The van der Waals surface area contributed by atoms with Crippen LogP contribution in [0.25, 0.3) is 0 Å². The fourth-order valence-corrected chi connectivity index (χ4v) is 2.52. The van der Waals surface area contributed by atoms with Crippen molar-refractivity contribution in [3.63, 3.8) is 0 Å². The number of halogens is 1. The van der Waals surface area contributed by atoms with E-state index in [0.717, 1.165) is 18.4 Å². The summed E-state index contributed by atoms with van der Waals surface area (Å²) in [5.74, 6) is -0.105. The van der Waals surface area contributed by atoms with Gasteiger partial charge in [0.25, 0.3) is 5.91 Å². The van der Waals surface area contributed by atoms with Crippen LogP contribution in [0.3, 0.4) is 0 Å². The number of nitrogens with one attached hydrogen (secondary N) is 1. The number of carbonyl (C=O) groups is 1. The van der Waals surface area contributed by atoms with Gasteiger partial charge in [-0.05, 0) is 30.5 Å². The summed E-state index contributed by atoms with van der Waals surface area (Å²) in [5, 5.41) is 3.61. The first-order valence-electron chi connectivity index (χ1n) is 6.34. The first-order valence-corrected chi connectivity index (χ1v) is 6.72. The number of amides is 1. The Hall–Kier alpha value is -1.80. The van der Waals surface area contributed by atoms with Crippen molar-refractivity contribution in [2.24, 2.45) is 0 Å². The molecule has 1 saturated carbocycles. The average Bonchev–Trinajstić information content (AvgIpc) is 3.21. The number of rotatable bonds is 3. The van der Waals surface area contributed by atoms with E-state index < -0.39 is 0 Å². The third-order valence-corrected chi connectivity index (χ3v) is 3.88. The minimum Gasteiger partial charge on any atom is -0.342 e. The highest BCUT2D eigenvalue weighted by Gasteiger charge is 2.45. The third-order valence-electron chi connectivity index (χ3n) is 3.55. The van der Waals surface area contributed by atoms with Crippen molar-refractivity contribution < 1.29 is 4.79 Å². The summed E-state index contributed by atoms with van der Waals surface area (Å²) < 4.78 is 0. The van der Waals surface area contributed by atoms with Crippen molar-refractivity contribution in [3.05, 3.63) is 70.7 Å². The van der Waals surface area contributed by atoms with Crippen molar-refractivity contribution in [1.29, 1.82) is 0 Å². The molecule has 2 aromatic rings. The van der Waals surface area contributed by atoms with Crippen molar-refractivity contribution in [2.75, 3.05) is 0 Å². The van der Waals surface area contributed by atoms with Gasteiger partial charge in [-0.1, -0.05) is 54.1 Å². The molecule has 3 rings (SSSR count). The van der Waals surface area contributed by atoms with Crippen LogP contribution in [0.2, 0.25) is 5.02 Å². The topological polar surface area (TPSA) is 29.1 Å². The Labute approximate surface area is 117 Å². The molecule has 3 heteroatoms. The molecule has 0 spiro atoms. The lowest BCUT2D eigenvalue weighted by Gasteiger charge is -2.18. The van der Waals surface area contributed by atoms with Gasteiger partial charge in [-0.2, -0.15) is 0 Å². The van der Waals surface area contributed by atoms with Crippen molar-refractivity contribution in [3.8, 4) is 0 Å². The molecule has 0 bridgehead atoms. The molecule has 0 aromatic heterocycles. The normalized spacial score (nSPS) is 15.8. The van der Waals surface area contributed by atoms with E-state index in [1.54, 1.807) is 12.1 Å². The lowest BCUT2D eigenvalue weighted by Crippen LogP contribution is -2.34. The molecule has 0 unspecified atom stereocenters. The zero-order valence-corrected chi connectivity index (χ0v) is 11.2. The molecular weight excluding hydrogens is 258 g/mol. The average molecular weight is 272 g/mol. The Bertz CT molecular complexity index is 605. The summed E-state index contributed by atoms with van der Waals surface area (Å²) in [7, 11) is 0. The van der Waals surface area contributed by atoms with Gasteiger partial charge in [0.2, 0.25) is 0 Å². The molecule has 1 aliphatic carbocycles. The van der Waals surface area contributed by atoms with Crippen molar-refractivity contribution in [2.45, 2.75) is 18.4 Å². The van der Waals surface area contributed by atoms with Crippen LogP contribution < -0.4 is 5.32 Å². The number of hydrogen-bond donors (Lipinski definition) is 1. The van der Waals surface area contributed by atoms with Gasteiger partial charge in [0.05, 0.1) is 16.1 Å². The lowest BCUT2D eigenvalue weighted by molar-refractivity contribution is 0.0931. The van der Waals surface area contributed by atoms with Crippen molar-refractivity contribution >= 4 is 17.5 Å². The summed E-state index contributed by atoms with van der Waals surface area (Å²) in [6, 6.07) is 17.2. The predicted molar refractivity (Wildman–Crippen MR) is 76.3 cm³/mol. The Morgan fingerprint density at radius 2 is 1.63 bits per heavy atom. The van der Waals surface area contributed by atoms with Crippen LogP contribution in [0.1, 0.15) is 28.8 Å². The number of carbonyl (C=O) groups excluding carboxylic acids is 1. The highest BCUT2D eigenvalue weighted by molar-refractivity contribution is 6.33. The summed E-state index contributed by atoms with van der Waals surface area (Å²) in [6.07, 6.45) is 1.96. The minimum absolute atomic E-state index is 0.105. The lowest BCUT2D eigenvalue weighted by atomic mass is 10.0. The highest BCUT2D eigenvalue weighted by atomic mass is 35.5. The van der Waals surface area contributed by atoms with Crippen LogP contribution in [0.4, 0.5) is 0 Å². The molecule has 0 saturated heterocycles. The van der Waals surface area contributed by atoms with Crippen LogP contribution in [-0.4, -0.2) is 5.91 Å². The predicted octanol–water partition coefficient (Wildman–Crippen LogP) is 3.76. The van der Waals surface area contributed by atoms with Gasteiger partial charge in [0.1, 0.15) is 0 Å². The van der Waals surface area contributed by atoms with Gasteiger partial charge < -0.3 is 5.32 Å². The highest BCUT2D eigenvalue weighted by Crippen LogP contribution is 2.45. The SMILES string of the molecule is O=C(NC1(c2ccccc2)CC1)c1ccccc1Cl. The third kappa shape index (κ3) is 2.36. The maximum Gasteiger partial charge on any atom is 0.253 e. The molecule has 1 fully saturated rings. The van der Waals surface area contributed by atoms with Gasteiger partial charge in [-0.3, -0.25) is 4.79 Å². The molecule has 0 heterocycles. The first kappa shape index (κ1) is 12.2. The first-order chi connectivity index (χ1) is 9.21. The molecule has 96 valence electrons. The van der Waals surface area contributed by atoms with Crippen LogP contribution in [0.15, 0.2) is 54.6 Å². The van der Waals surface area contributed by atoms with Crippen LogP contribution >= 0.6 is 11.6 Å². The van der Waals surface area contributed by atoms with E-state index in [-0.39, 0.29) is 11.4 Å². The fraction of sp³-hybridized carbons (Fsp3) is 0.188. The quantitative estimate of drug-likeness (QED) is 0.905. The Morgan fingerprint density at radius 3 is 2.26 bits per heavy atom. The Balaban J connectivity index is 1.83. The van der Waals surface area contributed by atoms with Crippen molar-refractivity contribution in [1.82, 2.24) is 5.32 Å². The summed E-state index contributed by atoms with van der Waals surface area (Å²) in [4.78, 5) is 12.3. The number of benzene rings is 2. The standard InChI is InChI=1S/C16H14ClNO/c17-14-9-5-4-8-13(14)15(19)18-16(10-11-16)12-6-2-1-3-7-12/h1-9H,10-11H2,(H,18,19). The second kappa shape index (κ2) is 4.71. The number of hydrogen-bond acceptors (Lipinski definition) is 1. The van der Waals surface area contributed by atoms with Gasteiger partial charge in [0.15, 0.2) is 0 Å².